The van der Waals surface area contributed by atoms with Crippen molar-refractivity contribution in [3.8, 4) is 5.75 Å². The van der Waals surface area contributed by atoms with Crippen LogP contribution in [-0.4, -0.2) is 30.1 Å². The molecule has 0 aliphatic rings. The zero-order chi connectivity index (χ0) is 21.1. The van der Waals surface area contributed by atoms with E-state index in [4.69, 9.17) is 16.6 Å². The summed E-state index contributed by atoms with van der Waals surface area (Å²) in [5.41, 5.74) is 2.49. The van der Waals surface area contributed by atoms with Crippen LogP contribution in [0.4, 0.5) is 11.5 Å². The lowest BCUT2D eigenvalue weighted by Gasteiger charge is -2.13. The van der Waals surface area contributed by atoms with Gasteiger partial charge in [-0.05, 0) is 17.7 Å². The Hall–Kier alpha value is -2.77. The van der Waals surface area contributed by atoms with Gasteiger partial charge in [0.15, 0.2) is 10.8 Å². The number of fused-ring (bicyclic) bond motifs is 1. The minimum absolute atomic E-state index is 0. The van der Waals surface area contributed by atoms with E-state index >= 15 is 0 Å². The number of alkyl halides is 1. The highest BCUT2D eigenvalue weighted by Crippen LogP contribution is 2.31. The van der Waals surface area contributed by atoms with E-state index in [1.165, 1.54) is 0 Å². The number of aromatic hydroxyl groups is 1. The van der Waals surface area contributed by atoms with Crippen molar-refractivity contribution in [1.29, 1.82) is 0 Å². The number of hydrogen-bond acceptors (Lipinski definition) is 6. The average molecular weight is 456 g/mol. The highest BCUT2D eigenvalue weighted by atomic mass is 35.5. The van der Waals surface area contributed by atoms with Gasteiger partial charge in [-0.3, -0.25) is 0 Å². The lowest BCUT2D eigenvalue weighted by atomic mass is 10.1. The van der Waals surface area contributed by atoms with Gasteiger partial charge in [-0.1, -0.05) is 69.4 Å². The average Bonchev–Trinajstić information content (AvgIpc) is 3.11. The second-order valence-corrected chi connectivity index (χ2v) is 9.21. The summed E-state index contributed by atoms with van der Waals surface area (Å²) in [5.74, 6) is 0.830. The highest BCUT2D eigenvalue weighted by molar-refractivity contribution is 7.99. The molecule has 0 bridgehead atoms. The van der Waals surface area contributed by atoms with Crippen molar-refractivity contribution < 1.29 is 5.11 Å². The molecule has 0 aliphatic heterocycles. The van der Waals surface area contributed by atoms with Crippen LogP contribution in [0.5, 0.6) is 5.75 Å². The quantitative estimate of drug-likeness (QED) is 0.191. The second kappa shape index (κ2) is 10.0. The van der Waals surface area contributed by atoms with Gasteiger partial charge in [-0.25, -0.2) is 14.6 Å². The van der Waals surface area contributed by atoms with E-state index in [0.717, 1.165) is 22.3 Å². The molecule has 2 aromatic carbocycles. The summed E-state index contributed by atoms with van der Waals surface area (Å²) < 4.78 is 1.82. The number of hydrogen-bond donors (Lipinski definition) is 2. The van der Waals surface area contributed by atoms with E-state index < -0.39 is 0 Å². The number of anilines is 2. The number of halogens is 1. The van der Waals surface area contributed by atoms with Crippen molar-refractivity contribution >= 4 is 45.9 Å². The highest BCUT2D eigenvalue weighted by Gasteiger charge is 2.17. The fourth-order valence-electron chi connectivity index (χ4n) is 3.07. The third-order valence-corrected chi connectivity index (χ3v) is 5.68. The van der Waals surface area contributed by atoms with Crippen molar-refractivity contribution in [2.24, 2.45) is 0 Å². The molecule has 0 amide bonds. The summed E-state index contributed by atoms with van der Waals surface area (Å²) in [7, 11) is 0. The van der Waals surface area contributed by atoms with Crippen LogP contribution in [0.1, 0.15) is 32.2 Å². The molecule has 0 spiro atoms. The van der Waals surface area contributed by atoms with E-state index in [9.17, 15) is 5.11 Å². The van der Waals surface area contributed by atoms with Gasteiger partial charge in [0, 0.05) is 17.0 Å². The van der Waals surface area contributed by atoms with Crippen LogP contribution in [0, 0.1) is 0 Å². The number of nitrogens with one attached hydrogen (secondary N) is 1. The Labute approximate surface area is 191 Å². The van der Waals surface area contributed by atoms with E-state index in [0.29, 0.717) is 22.8 Å². The normalized spacial score (nSPS) is 12.0. The lowest BCUT2D eigenvalue weighted by Crippen LogP contribution is -2.08. The van der Waals surface area contributed by atoms with Crippen LogP contribution < -0.4 is 5.32 Å². The molecule has 0 aliphatic carbocycles. The molecule has 4 rings (SSSR count). The third kappa shape index (κ3) is 5.48. The van der Waals surface area contributed by atoms with Gasteiger partial charge in [-0.15, -0.1) is 11.6 Å². The Morgan fingerprint density at radius 3 is 2.58 bits per heavy atom. The van der Waals surface area contributed by atoms with E-state index in [1.807, 2.05) is 41.1 Å². The van der Waals surface area contributed by atoms with Crippen molar-refractivity contribution in [2.75, 3.05) is 5.32 Å². The summed E-state index contributed by atoms with van der Waals surface area (Å²) in [4.78, 5) is 9.44. The molecule has 0 fully saturated rings. The molecular formula is C23H26ClN5OS. The number of nitrogens with zero attached hydrogens (tertiary/aromatic N) is 4. The Kier molecular flexibility index (Phi) is 7.41. The van der Waals surface area contributed by atoms with E-state index in [2.05, 4.69) is 29.2 Å². The molecule has 1 atom stereocenters. The Balaban J connectivity index is 0.00000272. The predicted molar refractivity (Wildman–Crippen MR) is 129 cm³/mol. The Morgan fingerprint density at radius 1 is 1.10 bits per heavy atom. The summed E-state index contributed by atoms with van der Waals surface area (Å²) in [6.45, 7) is 4.69. The lowest BCUT2D eigenvalue weighted by molar-refractivity contribution is 0.475. The zero-order valence-corrected chi connectivity index (χ0v) is 18.2. The molecule has 1 unspecified atom stereocenters. The second-order valence-electron chi connectivity index (χ2n) is 7.14. The first-order valence-electron chi connectivity index (χ1n) is 9.65. The van der Waals surface area contributed by atoms with E-state index in [-0.39, 0.29) is 18.6 Å². The number of rotatable bonds is 7. The van der Waals surface area contributed by atoms with Crippen LogP contribution in [0.25, 0.3) is 11.0 Å². The summed E-state index contributed by atoms with van der Waals surface area (Å²) in [6, 6.07) is 16.9. The summed E-state index contributed by atoms with van der Waals surface area (Å²) in [5, 5.41) is 19.2. The van der Waals surface area contributed by atoms with Crippen LogP contribution in [0.15, 0.2) is 66.0 Å². The maximum atomic E-state index is 9.78. The van der Waals surface area contributed by atoms with Gasteiger partial charge in [0.25, 0.3) is 0 Å². The first-order chi connectivity index (χ1) is 14.5. The SMILES string of the molecule is C.CC(C)Sc1nc(Nc2cccc(O)c2)c2cnn(CC(Cl)c3ccccc3)c2n1. The van der Waals surface area contributed by atoms with E-state index in [1.54, 1.807) is 36.2 Å². The molecule has 2 aromatic heterocycles. The molecular weight excluding hydrogens is 430 g/mol. The zero-order valence-electron chi connectivity index (χ0n) is 16.7. The monoisotopic (exact) mass is 455 g/mol. The van der Waals surface area contributed by atoms with Crippen molar-refractivity contribution in [3.05, 3.63) is 66.4 Å². The molecule has 0 saturated heterocycles. The van der Waals surface area contributed by atoms with Gasteiger partial charge in [-0.2, -0.15) is 5.10 Å². The van der Waals surface area contributed by atoms with Crippen molar-refractivity contribution in [1.82, 2.24) is 19.7 Å². The smallest absolute Gasteiger partial charge is 0.191 e. The molecule has 2 N–H and O–H groups in total. The standard InChI is InChI=1S/C22H22ClN5OS.CH4/c1-14(2)30-22-26-20(25-16-9-6-10-17(29)11-16)18-12-24-28(21(18)27-22)13-19(23)15-7-4-3-5-8-15;/h3-12,14,19,29H,13H2,1-2H3,(H,25,26,27);1H4. The van der Waals surface area contributed by atoms with Crippen molar-refractivity contribution in [2.45, 2.75) is 43.6 Å². The van der Waals surface area contributed by atoms with Gasteiger partial charge in [0.1, 0.15) is 11.6 Å². The molecule has 0 radical (unpaired) electrons. The van der Waals surface area contributed by atoms with Crippen LogP contribution in [-0.2, 0) is 6.54 Å². The summed E-state index contributed by atoms with van der Waals surface area (Å²) >= 11 is 8.24. The maximum absolute atomic E-state index is 9.78. The minimum atomic E-state index is -0.229. The molecule has 162 valence electrons. The van der Waals surface area contributed by atoms with Crippen LogP contribution in [0.3, 0.4) is 0 Å². The van der Waals surface area contributed by atoms with Crippen LogP contribution >= 0.6 is 23.4 Å². The predicted octanol–water partition coefficient (Wildman–Crippen LogP) is 6.39. The summed E-state index contributed by atoms with van der Waals surface area (Å²) in [6.07, 6.45) is 1.75. The Morgan fingerprint density at radius 2 is 1.87 bits per heavy atom. The van der Waals surface area contributed by atoms with Gasteiger partial charge >= 0.3 is 0 Å². The minimum Gasteiger partial charge on any atom is -0.508 e. The Bertz CT molecular complexity index is 1150. The third-order valence-electron chi connectivity index (χ3n) is 4.42. The fourth-order valence-corrected chi connectivity index (χ4v) is 4.05. The largest absolute Gasteiger partial charge is 0.508 e. The number of thioether (sulfide) groups is 1. The molecule has 4 aromatic rings. The van der Waals surface area contributed by atoms with Crippen molar-refractivity contribution in [3.63, 3.8) is 0 Å². The number of phenols is 1. The van der Waals surface area contributed by atoms with Crippen LogP contribution in [0.2, 0.25) is 0 Å². The number of benzene rings is 2. The first-order valence-corrected chi connectivity index (χ1v) is 11.0. The maximum Gasteiger partial charge on any atom is 0.191 e. The molecule has 0 saturated carbocycles. The van der Waals surface area contributed by atoms with Gasteiger partial charge in [0.05, 0.1) is 23.5 Å². The molecule has 2 heterocycles. The topological polar surface area (TPSA) is 75.9 Å². The number of phenolic OH excluding ortho intramolecular Hbond substituents is 1. The molecule has 31 heavy (non-hydrogen) atoms. The molecule has 8 heteroatoms. The van der Waals surface area contributed by atoms with Gasteiger partial charge in [0.2, 0.25) is 0 Å². The van der Waals surface area contributed by atoms with Gasteiger partial charge < -0.3 is 10.4 Å². The number of aromatic nitrogens is 4. The molecule has 6 nitrogen and oxygen atoms in total. The fraction of sp³-hybridized carbons (Fsp3) is 0.261. The first kappa shape index (κ1) is 22.9.